The maximum atomic E-state index is 5.03. The Kier molecular flexibility index (Phi) is 4.76. The number of likely N-dealkylation sites (tertiary alicyclic amines) is 2. The maximum absolute atomic E-state index is 5.03. The fraction of sp³-hybridized carbons (Fsp3) is 0.400. The third-order valence-corrected chi connectivity index (χ3v) is 6.52. The summed E-state index contributed by atoms with van der Waals surface area (Å²) < 4.78 is 2.05. The van der Waals surface area contributed by atoms with Crippen LogP contribution in [0.15, 0.2) is 54.7 Å². The molecule has 0 saturated carbocycles. The lowest BCUT2D eigenvalue weighted by Gasteiger charge is -2.18. The molecule has 3 heterocycles. The van der Waals surface area contributed by atoms with Gasteiger partial charge in [-0.2, -0.15) is 5.10 Å². The molecule has 0 amide bonds. The molecule has 2 fully saturated rings. The Bertz CT molecular complexity index is 990. The lowest BCUT2D eigenvalue weighted by molar-refractivity contribution is 0.272. The van der Waals surface area contributed by atoms with E-state index in [1.54, 1.807) is 0 Å². The van der Waals surface area contributed by atoms with Crippen molar-refractivity contribution < 1.29 is 0 Å². The quantitative estimate of drug-likeness (QED) is 0.673. The predicted molar refractivity (Wildman–Crippen MR) is 118 cm³/mol. The minimum Gasteiger partial charge on any atom is -0.306 e. The van der Waals surface area contributed by atoms with Crippen LogP contribution >= 0.6 is 0 Å². The van der Waals surface area contributed by atoms with Gasteiger partial charge >= 0.3 is 0 Å². The number of nitrogens with zero attached hydrogens (tertiary/aromatic N) is 4. The van der Waals surface area contributed by atoms with Gasteiger partial charge in [0.25, 0.3) is 0 Å². The summed E-state index contributed by atoms with van der Waals surface area (Å²) in [5.74, 6) is 1.66. The van der Waals surface area contributed by atoms with Crippen molar-refractivity contribution in [3.05, 3.63) is 71.4 Å². The Labute approximate surface area is 173 Å². The molecule has 29 heavy (non-hydrogen) atoms. The van der Waals surface area contributed by atoms with Crippen LogP contribution < -0.4 is 0 Å². The Hall–Kier alpha value is -2.43. The van der Waals surface area contributed by atoms with Crippen LogP contribution in [-0.4, -0.2) is 52.8 Å². The highest BCUT2D eigenvalue weighted by molar-refractivity contribution is 5.64. The third kappa shape index (κ3) is 3.75. The van der Waals surface area contributed by atoms with Gasteiger partial charge in [-0.05, 0) is 50.9 Å². The Balaban J connectivity index is 1.47. The molecule has 4 nitrogen and oxygen atoms in total. The van der Waals surface area contributed by atoms with Crippen LogP contribution in [0.5, 0.6) is 0 Å². The molecule has 2 saturated heterocycles. The van der Waals surface area contributed by atoms with Gasteiger partial charge < -0.3 is 4.90 Å². The van der Waals surface area contributed by atoms with E-state index in [4.69, 9.17) is 5.10 Å². The normalized spacial score (nSPS) is 22.3. The van der Waals surface area contributed by atoms with Gasteiger partial charge in [-0.1, -0.05) is 41.5 Å². The first-order valence-corrected chi connectivity index (χ1v) is 10.7. The van der Waals surface area contributed by atoms with Crippen molar-refractivity contribution in [3.63, 3.8) is 0 Å². The summed E-state index contributed by atoms with van der Waals surface area (Å²) in [4.78, 5) is 5.12. The van der Waals surface area contributed by atoms with Crippen LogP contribution in [0.1, 0.15) is 16.7 Å². The average Bonchev–Trinajstić information content (AvgIpc) is 3.35. The first-order chi connectivity index (χ1) is 14.0. The lowest BCUT2D eigenvalue weighted by Crippen LogP contribution is -2.26. The lowest BCUT2D eigenvalue weighted by atomic mass is 10.0. The smallest absolute Gasteiger partial charge is 0.0972 e. The molecule has 2 aromatic carbocycles. The van der Waals surface area contributed by atoms with E-state index >= 15 is 0 Å². The van der Waals surface area contributed by atoms with Crippen LogP contribution in [0.4, 0.5) is 0 Å². The topological polar surface area (TPSA) is 24.3 Å². The van der Waals surface area contributed by atoms with Crippen molar-refractivity contribution in [2.45, 2.75) is 20.4 Å². The molecular weight excluding hydrogens is 356 g/mol. The third-order valence-electron chi connectivity index (χ3n) is 6.52. The summed E-state index contributed by atoms with van der Waals surface area (Å²) in [6.45, 7) is 10.2. The molecule has 0 N–H and O–H groups in total. The number of aromatic nitrogens is 2. The summed E-state index contributed by atoms with van der Waals surface area (Å²) in [6, 6.07) is 17.3. The van der Waals surface area contributed by atoms with Crippen molar-refractivity contribution in [2.24, 2.45) is 11.8 Å². The summed E-state index contributed by atoms with van der Waals surface area (Å²) in [5.41, 5.74) is 7.32. The molecule has 0 bridgehead atoms. The van der Waals surface area contributed by atoms with E-state index in [-0.39, 0.29) is 0 Å². The molecule has 0 unspecified atom stereocenters. The molecular formula is C25H30N4. The molecule has 0 aliphatic carbocycles. The first kappa shape index (κ1) is 18.6. The fourth-order valence-corrected chi connectivity index (χ4v) is 5.09. The molecule has 2 aliphatic rings. The zero-order valence-electron chi connectivity index (χ0n) is 17.7. The fourth-order valence-electron chi connectivity index (χ4n) is 5.09. The van der Waals surface area contributed by atoms with E-state index in [1.807, 2.05) is 0 Å². The maximum Gasteiger partial charge on any atom is 0.0972 e. The van der Waals surface area contributed by atoms with Gasteiger partial charge in [0, 0.05) is 50.0 Å². The van der Waals surface area contributed by atoms with E-state index in [1.165, 1.54) is 48.4 Å². The van der Waals surface area contributed by atoms with E-state index in [9.17, 15) is 0 Å². The molecule has 1 aromatic heterocycles. The van der Waals surface area contributed by atoms with Crippen molar-refractivity contribution in [2.75, 3.05) is 33.2 Å². The summed E-state index contributed by atoms with van der Waals surface area (Å²) in [7, 11) is 2.25. The molecule has 3 aromatic rings. The molecule has 150 valence electrons. The number of benzene rings is 2. The Morgan fingerprint density at radius 3 is 2.31 bits per heavy atom. The van der Waals surface area contributed by atoms with Gasteiger partial charge in [0.2, 0.25) is 0 Å². The van der Waals surface area contributed by atoms with Crippen molar-refractivity contribution in [1.29, 1.82) is 0 Å². The largest absolute Gasteiger partial charge is 0.306 e. The highest BCUT2D eigenvalue weighted by atomic mass is 15.3. The van der Waals surface area contributed by atoms with Crippen molar-refractivity contribution in [3.8, 4) is 16.9 Å². The highest BCUT2D eigenvalue weighted by Crippen LogP contribution is 2.33. The van der Waals surface area contributed by atoms with Gasteiger partial charge in [0.1, 0.15) is 0 Å². The molecule has 2 atom stereocenters. The van der Waals surface area contributed by atoms with Gasteiger partial charge in [-0.25, -0.2) is 4.68 Å². The SMILES string of the molecule is Cc1ccc(-n2cc(CN3C[C@H]4CN(C)C[C@H]4C3)c(-c3cccc(C)c3)n2)cc1. The Morgan fingerprint density at radius 1 is 0.897 bits per heavy atom. The standard InChI is InChI=1S/C25H30N4/c1-18-7-9-24(10-8-18)29-17-23(25(26-29)20-6-4-5-19(2)11-20)16-28-14-21-12-27(3)13-22(21)15-28/h4-11,17,21-22H,12-16H2,1-3H3/t21-,22+. The van der Waals surface area contributed by atoms with Crippen LogP contribution in [0, 0.1) is 25.7 Å². The minimum atomic E-state index is 0.828. The monoisotopic (exact) mass is 386 g/mol. The van der Waals surface area contributed by atoms with Crippen LogP contribution in [-0.2, 0) is 6.54 Å². The summed E-state index contributed by atoms with van der Waals surface area (Å²) >= 11 is 0. The number of aryl methyl sites for hydroxylation is 2. The highest BCUT2D eigenvalue weighted by Gasteiger charge is 2.38. The first-order valence-electron chi connectivity index (χ1n) is 10.7. The average molecular weight is 387 g/mol. The van der Waals surface area contributed by atoms with E-state index in [0.717, 1.165) is 29.8 Å². The second-order valence-electron chi connectivity index (χ2n) is 9.09. The summed E-state index contributed by atoms with van der Waals surface area (Å²) in [5, 5.41) is 5.03. The predicted octanol–water partition coefficient (Wildman–Crippen LogP) is 4.15. The van der Waals surface area contributed by atoms with Gasteiger partial charge in [-0.15, -0.1) is 0 Å². The van der Waals surface area contributed by atoms with E-state index in [2.05, 4.69) is 90.1 Å². The van der Waals surface area contributed by atoms with Crippen LogP contribution in [0.3, 0.4) is 0 Å². The van der Waals surface area contributed by atoms with Crippen molar-refractivity contribution >= 4 is 0 Å². The number of hydrogen-bond donors (Lipinski definition) is 0. The van der Waals surface area contributed by atoms with Crippen molar-refractivity contribution in [1.82, 2.24) is 19.6 Å². The molecule has 5 rings (SSSR count). The molecule has 0 spiro atoms. The molecule has 4 heteroatoms. The molecule has 0 radical (unpaired) electrons. The van der Waals surface area contributed by atoms with Gasteiger partial charge in [-0.3, -0.25) is 4.90 Å². The van der Waals surface area contributed by atoms with Crippen LogP contribution in [0.25, 0.3) is 16.9 Å². The number of rotatable bonds is 4. The number of fused-ring (bicyclic) bond motifs is 1. The molecule has 2 aliphatic heterocycles. The Morgan fingerprint density at radius 2 is 1.62 bits per heavy atom. The summed E-state index contributed by atoms with van der Waals surface area (Å²) in [6.07, 6.45) is 2.24. The number of hydrogen-bond acceptors (Lipinski definition) is 3. The van der Waals surface area contributed by atoms with E-state index < -0.39 is 0 Å². The van der Waals surface area contributed by atoms with E-state index in [0.29, 0.717) is 0 Å². The van der Waals surface area contributed by atoms with Gasteiger partial charge in [0.15, 0.2) is 0 Å². The second kappa shape index (κ2) is 7.43. The zero-order chi connectivity index (χ0) is 20.0. The van der Waals surface area contributed by atoms with Gasteiger partial charge in [0.05, 0.1) is 11.4 Å². The minimum absolute atomic E-state index is 0.828. The second-order valence-corrected chi connectivity index (χ2v) is 9.09. The van der Waals surface area contributed by atoms with Crippen LogP contribution in [0.2, 0.25) is 0 Å². The zero-order valence-corrected chi connectivity index (χ0v) is 17.7.